The maximum atomic E-state index is 12.3. The number of nitrogens with zero attached hydrogens (tertiary/aromatic N) is 1. The lowest BCUT2D eigenvalue weighted by Crippen LogP contribution is -2.56. The fourth-order valence-corrected chi connectivity index (χ4v) is 3.48. The highest BCUT2D eigenvalue weighted by atomic mass is 16.5. The average molecular weight is 292 g/mol. The van der Waals surface area contributed by atoms with Gasteiger partial charge in [-0.2, -0.15) is 0 Å². The summed E-state index contributed by atoms with van der Waals surface area (Å²) in [6, 6.07) is 0. The molecule has 1 saturated heterocycles. The molecule has 0 radical (unpaired) electrons. The highest BCUT2D eigenvalue weighted by molar-refractivity contribution is 5.87. The first-order chi connectivity index (χ1) is 10.2. The van der Waals surface area contributed by atoms with Crippen LogP contribution >= 0.6 is 0 Å². The van der Waals surface area contributed by atoms with Crippen LogP contribution in [0, 0.1) is 11.8 Å². The number of morpholine rings is 1. The summed E-state index contributed by atoms with van der Waals surface area (Å²) in [5.74, 6) is 1.20. The van der Waals surface area contributed by atoms with Crippen LogP contribution in [0.5, 0.6) is 0 Å². The van der Waals surface area contributed by atoms with Gasteiger partial charge in [-0.1, -0.05) is 6.58 Å². The minimum atomic E-state index is -0.227. The topological polar surface area (TPSA) is 58.6 Å². The number of ether oxygens (including phenoxy) is 1. The highest BCUT2D eigenvalue weighted by Crippen LogP contribution is 2.55. The molecule has 1 heterocycles. The van der Waals surface area contributed by atoms with Gasteiger partial charge < -0.3 is 15.0 Å². The summed E-state index contributed by atoms with van der Waals surface area (Å²) in [6.07, 6.45) is 6.55. The third kappa shape index (κ3) is 3.12. The van der Waals surface area contributed by atoms with Gasteiger partial charge in [0.1, 0.15) is 0 Å². The van der Waals surface area contributed by atoms with Crippen LogP contribution in [0.4, 0.5) is 0 Å². The second-order valence-corrected chi connectivity index (χ2v) is 6.41. The van der Waals surface area contributed by atoms with Crippen molar-refractivity contribution in [2.24, 2.45) is 11.8 Å². The monoisotopic (exact) mass is 292 g/mol. The molecule has 3 aliphatic rings. The van der Waals surface area contributed by atoms with E-state index in [9.17, 15) is 9.59 Å². The van der Waals surface area contributed by atoms with Crippen molar-refractivity contribution in [1.82, 2.24) is 10.2 Å². The summed E-state index contributed by atoms with van der Waals surface area (Å²) in [7, 11) is 0. The quantitative estimate of drug-likeness (QED) is 0.746. The van der Waals surface area contributed by atoms with Crippen molar-refractivity contribution in [2.75, 3.05) is 26.2 Å². The normalized spacial score (nSPS) is 24.5. The predicted octanol–water partition coefficient (Wildman–Crippen LogP) is 1.10. The van der Waals surface area contributed by atoms with Gasteiger partial charge in [-0.25, -0.2) is 0 Å². The van der Waals surface area contributed by atoms with Crippen LogP contribution in [0.3, 0.4) is 0 Å². The molecule has 1 N–H and O–H groups in total. The zero-order valence-electron chi connectivity index (χ0n) is 12.5. The Bertz CT molecular complexity index is 429. The molecule has 5 nitrogen and oxygen atoms in total. The molecule has 0 unspecified atom stereocenters. The summed E-state index contributed by atoms with van der Waals surface area (Å²) < 4.78 is 6.18. The molecular weight excluding hydrogens is 268 g/mol. The van der Waals surface area contributed by atoms with E-state index >= 15 is 0 Å². The molecule has 2 amide bonds. The van der Waals surface area contributed by atoms with Gasteiger partial charge in [-0.05, 0) is 43.6 Å². The minimum absolute atomic E-state index is 0.0573. The fourth-order valence-electron chi connectivity index (χ4n) is 3.48. The number of hydrogen-bond donors (Lipinski definition) is 1. The van der Waals surface area contributed by atoms with E-state index in [1.165, 1.54) is 31.8 Å². The van der Waals surface area contributed by atoms with Crippen molar-refractivity contribution in [2.45, 2.75) is 37.7 Å². The molecule has 0 aromatic rings. The van der Waals surface area contributed by atoms with Gasteiger partial charge in [0.25, 0.3) is 0 Å². The molecule has 0 aromatic heterocycles. The van der Waals surface area contributed by atoms with E-state index in [-0.39, 0.29) is 17.4 Å². The van der Waals surface area contributed by atoms with Crippen molar-refractivity contribution in [3.8, 4) is 0 Å². The van der Waals surface area contributed by atoms with Crippen molar-refractivity contribution in [3.63, 3.8) is 0 Å². The Kier molecular flexibility index (Phi) is 4.02. The number of carbonyl (C=O) groups excluding carboxylic acids is 2. The van der Waals surface area contributed by atoms with Crippen LogP contribution < -0.4 is 5.32 Å². The lowest BCUT2D eigenvalue weighted by Gasteiger charge is -2.44. The molecule has 0 aromatic carbocycles. The van der Waals surface area contributed by atoms with E-state index in [4.69, 9.17) is 4.74 Å². The van der Waals surface area contributed by atoms with Gasteiger partial charge in [-0.15, -0.1) is 0 Å². The minimum Gasteiger partial charge on any atom is -0.371 e. The molecule has 2 aliphatic carbocycles. The molecule has 0 atom stereocenters. The van der Waals surface area contributed by atoms with Crippen molar-refractivity contribution >= 4 is 11.8 Å². The Labute approximate surface area is 125 Å². The Balaban J connectivity index is 1.54. The van der Waals surface area contributed by atoms with Crippen molar-refractivity contribution < 1.29 is 14.3 Å². The van der Waals surface area contributed by atoms with E-state index < -0.39 is 0 Å². The molecule has 0 bridgehead atoms. The third-order valence-corrected chi connectivity index (χ3v) is 4.88. The smallest absolute Gasteiger partial charge is 0.243 e. The standard InChI is InChI=1S/C16H24N2O3/c1-2-14(19)17-8-7-15(20)18-9-10-21-16(11-18,12-3-4-12)13-5-6-13/h2,12-13H,1,3-11H2,(H,17,19). The molecule has 1 aliphatic heterocycles. The van der Waals surface area contributed by atoms with Gasteiger partial charge in [0.2, 0.25) is 11.8 Å². The lowest BCUT2D eigenvalue weighted by atomic mass is 9.89. The summed E-state index contributed by atoms with van der Waals surface area (Å²) in [4.78, 5) is 25.4. The number of rotatable bonds is 6. The van der Waals surface area contributed by atoms with Gasteiger partial charge in [0.05, 0.1) is 18.8 Å². The molecule has 21 heavy (non-hydrogen) atoms. The predicted molar refractivity (Wildman–Crippen MR) is 78.5 cm³/mol. The summed E-state index contributed by atoms with van der Waals surface area (Å²) in [5, 5.41) is 2.66. The van der Waals surface area contributed by atoms with Crippen LogP contribution in [0.2, 0.25) is 0 Å². The van der Waals surface area contributed by atoms with E-state index in [0.29, 0.717) is 38.0 Å². The molecule has 5 heteroatoms. The van der Waals surface area contributed by atoms with Crippen LogP contribution in [-0.2, 0) is 14.3 Å². The number of nitrogens with one attached hydrogen (secondary N) is 1. The van der Waals surface area contributed by atoms with E-state index in [1.54, 1.807) is 0 Å². The Hall–Kier alpha value is -1.36. The molecule has 116 valence electrons. The third-order valence-electron chi connectivity index (χ3n) is 4.88. The largest absolute Gasteiger partial charge is 0.371 e. The van der Waals surface area contributed by atoms with Crippen LogP contribution in [0.25, 0.3) is 0 Å². The van der Waals surface area contributed by atoms with Crippen molar-refractivity contribution in [3.05, 3.63) is 12.7 Å². The first kappa shape index (κ1) is 14.6. The second-order valence-electron chi connectivity index (χ2n) is 6.41. The SMILES string of the molecule is C=CC(=O)NCCC(=O)N1CCOC(C2CC2)(C2CC2)C1. The van der Waals surface area contributed by atoms with E-state index in [1.807, 2.05) is 4.90 Å². The Morgan fingerprint density at radius 2 is 1.95 bits per heavy atom. The summed E-state index contributed by atoms with van der Waals surface area (Å²) in [6.45, 7) is 5.85. The second kappa shape index (κ2) is 5.79. The first-order valence-corrected chi connectivity index (χ1v) is 7.98. The average Bonchev–Trinajstić information content (AvgIpc) is 3.38. The molecule has 2 saturated carbocycles. The maximum Gasteiger partial charge on any atom is 0.243 e. The van der Waals surface area contributed by atoms with Crippen LogP contribution in [0.1, 0.15) is 32.1 Å². The summed E-state index contributed by atoms with van der Waals surface area (Å²) in [5.41, 5.74) is -0.0573. The number of hydrogen-bond acceptors (Lipinski definition) is 3. The van der Waals surface area contributed by atoms with E-state index in [0.717, 1.165) is 6.54 Å². The van der Waals surface area contributed by atoms with Gasteiger partial charge >= 0.3 is 0 Å². The lowest BCUT2D eigenvalue weighted by molar-refractivity contribution is -0.160. The molecule has 3 rings (SSSR count). The maximum absolute atomic E-state index is 12.3. The summed E-state index contributed by atoms with van der Waals surface area (Å²) >= 11 is 0. The Morgan fingerprint density at radius 3 is 2.52 bits per heavy atom. The molecular formula is C16H24N2O3. The number of amides is 2. The van der Waals surface area contributed by atoms with Crippen LogP contribution in [0.15, 0.2) is 12.7 Å². The van der Waals surface area contributed by atoms with E-state index in [2.05, 4.69) is 11.9 Å². The fraction of sp³-hybridized carbons (Fsp3) is 0.750. The van der Waals surface area contributed by atoms with Gasteiger partial charge in [-0.3, -0.25) is 9.59 Å². The zero-order valence-corrected chi connectivity index (χ0v) is 12.5. The van der Waals surface area contributed by atoms with Gasteiger partial charge in [0, 0.05) is 19.5 Å². The Morgan fingerprint density at radius 1 is 1.29 bits per heavy atom. The zero-order chi connectivity index (χ0) is 14.9. The molecule has 0 spiro atoms. The van der Waals surface area contributed by atoms with Crippen LogP contribution in [-0.4, -0.2) is 48.6 Å². The van der Waals surface area contributed by atoms with Crippen molar-refractivity contribution in [1.29, 1.82) is 0 Å². The van der Waals surface area contributed by atoms with Gasteiger partial charge in [0.15, 0.2) is 0 Å². The molecule has 3 fully saturated rings. The number of carbonyl (C=O) groups is 2. The highest BCUT2D eigenvalue weighted by Gasteiger charge is 2.57. The first-order valence-electron chi connectivity index (χ1n) is 7.98.